The molecule has 1 saturated heterocycles. The predicted molar refractivity (Wildman–Crippen MR) is 156 cm³/mol. The minimum absolute atomic E-state index is 0.0387. The summed E-state index contributed by atoms with van der Waals surface area (Å²) in [5, 5.41) is 3.86. The van der Waals surface area contributed by atoms with Crippen molar-refractivity contribution in [2.45, 2.75) is 78.5 Å². The zero-order valence-electron chi connectivity index (χ0n) is 24.9. The lowest BCUT2D eigenvalue weighted by Crippen LogP contribution is -2.43. The third-order valence-corrected chi connectivity index (χ3v) is 8.05. The molecule has 1 fully saturated rings. The maximum atomic E-state index is 12.7. The molecule has 1 N–H and O–H groups in total. The fraction of sp³-hybridized carbons (Fsp3) is 0.606. The van der Waals surface area contributed by atoms with Crippen molar-refractivity contribution in [2.24, 2.45) is 23.7 Å². The van der Waals surface area contributed by atoms with E-state index in [2.05, 4.69) is 76.3 Å². The van der Waals surface area contributed by atoms with Gasteiger partial charge >= 0.3 is 5.97 Å². The van der Waals surface area contributed by atoms with Gasteiger partial charge in [-0.15, -0.1) is 0 Å². The molecule has 5 atom stereocenters. The molecule has 1 heterocycles. The number of hydrogen-bond acceptors (Lipinski definition) is 6. The molecule has 0 amide bonds. The van der Waals surface area contributed by atoms with E-state index in [9.17, 15) is 4.79 Å². The summed E-state index contributed by atoms with van der Waals surface area (Å²) in [4.78, 5) is 12.7. The Bertz CT molecular complexity index is 1010. The summed E-state index contributed by atoms with van der Waals surface area (Å²) >= 11 is 0. The zero-order valence-corrected chi connectivity index (χ0v) is 24.9. The number of hydrogen-bond donors (Lipinski definition) is 1. The molecule has 0 bridgehead atoms. The van der Waals surface area contributed by atoms with E-state index < -0.39 is 0 Å². The number of cyclic esters (lactones) is 1. The third-order valence-electron chi connectivity index (χ3n) is 8.05. The Labute approximate surface area is 235 Å². The van der Waals surface area contributed by atoms with Crippen LogP contribution in [0, 0.1) is 23.7 Å². The highest BCUT2D eigenvalue weighted by atomic mass is 16.6. The van der Waals surface area contributed by atoms with Crippen LogP contribution in [0.4, 0.5) is 0 Å². The molecule has 1 aliphatic heterocycles. The number of carbonyl (C=O) groups is 1. The molecule has 2 aromatic carbocycles. The first-order chi connectivity index (χ1) is 18.7. The Hall–Kier alpha value is -2.57. The Morgan fingerprint density at radius 1 is 0.974 bits per heavy atom. The lowest BCUT2D eigenvalue weighted by atomic mass is 9.81. The predicted octanol–water partition coefficient (Wildman–Crippen LogP) is 6.62. The van der Waals surface area contributed by atoms with Crippen LogP contribution in [-0.4, -0.2) is 45.5 Å². The molecule has 0 aromatic heterocycles. The standard InChI is InChI=1S/C33H49NO5/c1-22(2)27(18-25-14-15-30(37-7)32(19-25)38-17-11-16-36-6)20-29(31-21-28(23(3)4)33(35)39-31)34-24(5)26-12-9-8-10-13-26/h8-10,12-15,19,22-24,27-29,31,34H,11,16-18,20-21H2,1-7H3/t24-,27+,28+,29?,31+/m1/s1. The number of nitrogens with one attached hydrogen (secondary N) is 1. The summed E-state index contributed by atoms with van der Waals surface area (Å²) in [6, 6.07) is 16.9. The maximum Gasteiger partial charge on any atom is 0.309 e. The lowest BCUT2D eigenvalue weighted by molar-refractivity contribution is -0.146. The molecule has 6 nitrogen and oxygen atoms in total. The highest BCUT2D eigenvalue weighted by molar-refractivity contribution is 5.75. The molecule has 2 aromatic rings. The summed E-state index contributed by atoms with van der Waals surface area (Å²) in [6.45, 7) is 12.2. The molecule has 0 aliphatic carbocycles. The fourth-order valence-corrected chi connectivity index (χ4v) is 5.47. The normalized spacial score (nSPS) is 19.7. The van der Waals surface area contributed by atoms with Gasteiger partial charge in [0.15, 0.2) is 11.5 Å². The Kier molecular flexibility index (Phi) is 12.1. The van der Waals surface area contributed by atoms with E-state index in [1.165, 1.54) is 11.1 Å². The van der Waals surface area contributed by atoms with Crippen LogP contribution in [0.25, 0.3) is 0 Å². The van der Waals surface area contributed by atoms with Crippen molar-refractivity contribution >= 4 is 5.97 Å². The largest absolute Gasteiger partial charge is 0.493 e. The van der Waals surface area contributed by atoms with Crippen LogP contribution < -0.4 is 14.8 Å². The highest BCUT2D eigenvalue weighted by Gasteiger charge is 2.41. The SMILES string of the molecule is COCCCOc1cc(C[C@@H](CC(N[C@H](C)c2ccccc2)[C@@H]2C[C@@H](C(C)C)C(=O)O2)C(C)C)ccc1OC. The number of carbonyl (C=O) groups excluding carboxylic acids is 1. The van der Waals surface area contributed by atoms with Crippen molar-refractivity contribution in [1.82, 2.24) is 5.32 Å². The molecule has 216 valence electrons. The summed E-state index contributed by atoms with van der Waals surface area (Å²) in [5.74, 6) is 2.53. The summed E-state index contributed by atoms with van der Waals surface area (Å²) in [7, 11) is 3.37. The molecule has 0 radical (unpaired) electrons. The van der Waals surface area contributed by atoms with Gasteiger partial charge in [-0.1, -0.05) is 64.1 Å². The molecule has 0 spiro atoms. The Morgan fingerprint density at radius 2 is 1.72 bits per heavy atom. The summed E-state index contributed by atoms with van der Waals surface area (Å²) in [6.07, 6.45) is 3.27. The van der Waals surface area contributed by atoms with E-state index >= 15 is 0 Å². The quantitative estimate of drug-likeness (QED) is 0.191. The van der Waals surface area contributed by atoms with Gasteiger partial charge in [-0.05, 0) is 67.2 Å². The first-order valence-corrected chi connectivity index (χ1v) is 14.5. The monoisotopic (exact) mass is 539 g/mol. The van der Waals surface area contributed by atoms with Gasteiger partial charge in [-0.3, -0.25) is 4.79 Å². The van der Waals surface area contributed by atoms with Crippen LogP contribution in [0.5, 0.6) is 11.5 Å². The smallest absolute Gasteiger partial charge is 0.309 e. The number of esters is 1. The van der Waals surface area contributed by atoms with Crippen LogP contribution in [0.3, 0.4) is 0 Å². The van der Waals surface area contributed by atoms with Gasteiger partial charge in [-0.25, -0.2) is 0 Å². The summed E-state index contributed by atoms with van der Waals surface area (Å²) < 4.78 is 22.8. The second-order valence-corrected chi connectivity index (χ2v) is 11.6. The van der Waals surface area contributed by atoms with E-state index in [1.807, 2.05) is 12.1 Å². The van der Waals surface area contributed by atoms with Crippen molar-refractivity contribution < 1.29 is 23.7 Å². The van der Waals surface area contributed by atoms with Gasteiger partial charge in [0.2, 0.25) is 0 Å². The average molecular weight is 540 g/mol. The first-order valence-electron chi connectivity index (χ1n) is 14.5. The van der Waals surface area contributed by atoms with E-state index in [1.54, 1.807) is 14.2 Å². The minimum atomic E-state index is -0.132. The fourth-order valence-electron chi connectivity index (χ4n) is 5.47. The molecule has 1 unspecified atom stereocenters. The molecule has 1 aliphatic rings. The van der Waals surface area contributed by atoms with E-state index in [-0.39, 0.29) is 36.0 Å². The second kappa shape index (κ2) is 15.3. The second-order valence-electron chi connectivity index (χ2n) is 11.6. The van der Waals surface area contributed by atoms with Gasteiger partial charge in [0.25, 0.3) is 0 Å². The molecule has 3 rings (SSSR count). The van der Waals surface area contributed by atoms with E-state index in [4.69, 9.17) is 18.9 Å². The maximum absolute atomic E-state index is 12.7. The third kappa shape index (κ3) is 8.97. The number of rotatable bonds is 16. The van der Waals surface area contributed by atoms with E-state index in [0.29, 0.717) is 25.0 Å². The van der Waals surface area contributed by atoms with Crippen molar-refractivity contribution in [2.75, 3.05) is 27.4 Å². The molecule has 39 heavy (non-hydrogen) atoms. The van der Waals surface area contributed by atoms with Crippen LogP contribution in [-0.2, 0) is 20.7 Å². The number of ether oxygens (including phenoxy) is 4. The van der Waals surface area contributed by atoms with Crippen LogP contribution >= 0.6 is 0 Å². The van der Waals surface area contributed by atoms with Crippen LogP contribution in [0.1, 0.15) is 71.0 Å². The number of benzene rings is 2. The van der Waals surface area contributed by atoms with Crippen molar-refractivity contribution in [3.05, 3.63) is 59.7 Å². The molecule has 6 heteroatoms. The minimum Gasteiger partial charge on any atom is -0.493 e. The van der Waals surface area contributed by atoms with Gasteiger partial charge < -0.3 is 24.3 Å². The Morgan fingerprint density at radius 3 is 2.33 bits per heavy atom. The van der Waals surface area contributed by atoms with E-state index in [0.717, 1.165) is 37.2 Å². The van der Waals surface area contributed by atoms with Crippen molar-refractivity contribution in [1.29, 1.82) is 0 Å². The number of methoxy groups -OCH3 is 2. The van der Waals surface area contributed by atoms with Gasteiger partial charge in [0.05, 0.1) is 19.6 Å². The van der Waals surface area contributed by atoms with Crippen molar-refractivity contribution in [3.63, 3.8) is 0 Å². The van der Waals surface area contributed by atoms with Crippen LogP contribution in [0.2, 0.25) is 0 Å². The van der Waals surface area contributed by atoms with Crippen LogP contribution in [0.15, 0.2) is 48.5 Å². The molecule has 0 saturated carbocycles. The topological polar surface area (TPSA) is 66.0 Å². The molecular formula is C33H49NO5. The van der Waals surface area contributed by atoms with Gasteiger partial charge in [-0.2, -0.15) is 0 Å². The zero-order chi connectivity index (χ0) is 28.4. The lowest BCUT2D eigenvalue weighted by Gasteiger charge is -2.32. The first kappa shape index (κ1) is 31.0. The highest BCUT2D eigenvalue weighted by Crippen LogP contribution is 2.35. The molecular weight excluding hydrogens is 490 g/mol. The average Bonchev–Trinajstić information content (AvgIpc) is 3.32. The van der Waals surface area contributed by atoms with Gasteiger partial charge in [0.1, 0.15) is 6.10 Å². The van der Waals surface area contributed by atoms with Crippen molar-refractivity contribution in [3.8, 4) is 11.5 Å². The summed E-state index contributed by atoms with van der Waals surface area (Å²) in [5.41, 5.74) is 2.45. The van der Waals surface area contributed by atoms with Gasteiger partial charge in [0, 0.05) is 32.2 Å². The Balaban J connectivity index is 1.79.